The third kappa shape index (κ3) is 21.9. The highest BCUT2D eigenvalue weighted by Crippen LogP contribution is 1.93. The predicted octanol–water partition coefficient (Wildman–Crippen LogP) is -1.29. The maximum Gasteiger partial charge on any atom is 0.146 e. The summed E-state index contributed by atoms with van der Waals surface area (Å²) in [6.45, 7) is 7.25. The van der Waals surface area contributed by atoms with Crippen molar-refractivity contribution in [2.75, 3.05) is 112 Å². The lowest BCUT2D eigenvalue weighted by Gasteiger charge is -2.22. The molecular weight excluding hydrogens is 374 g/mol. The van der Waals surface area contributed by atoms with Crippen molar-refractivity contribution in [1.29, 1.82) is 0 Å². The SMILES string of the molecule is OCCCOCOCCN(CCOCCOCCO)CCOCCOCCO. The molecule has 10 nitrogen and oxygen atoms in total. The Morgan fingerprint density at radius 2 is 0.857 bits per heavy atom. The second-order valence-corrected chi connectivity index (χ2v) is 5.75. The van der Waals surface area contributed by atoms with Gasteiger partial charge in [-0.3, -0.25) is 4.90 Å². The van der Waals surface area contributed by atoms with Crippen LogP contribution in [0.4, 0.5) is 0 Å². The van der Waals surface area contributed by atoms with E-state index in [4.69, 9.17) is 43.7 Å². The van der Waals surface area contributed by atoms with Crippen molar-refractivity contribution in [2.24, 2.45) is 0 Å². The quantitative estimate of drug-likeness (QED) is 0.130. The average Bonchev–Trinajstić information content (AvgIpc) is 2.71. The zero-order chi connectivity index (χ0) is 20.5. The van der Waals surface area contributed by atoms with E-state index in [0.29, 0.717) is 72.5 Å². The molecule has 10 heteroatoms. The lowest BCUT2D eigenvalue weighted by molar-refractivity contribution is -0.0632. The summed E-state index contributed by atoms with van der Waals surface area (Å²) in [7, 11) is 0. The summed E-state index contributed by atoms with van der Waals surface area (Å²) in [5, 5.41) is 25.9. The molecule has 0 amide bonds. The van der Waals surface area contributed by atoms with Gasteiger partial charge < -0.3 is 43.7 Å². The maximum atomic E-state index is 8.68. The summed E-state index contributed by atoms with van der Waals surface area (Å²) < 4.78 is 32.0. The van der Waals surface area contributed by atoms with Gasteiger partial charge in [0.25, 0.3) is 0 Å². The molecule has 0 unspecified atom stereocenters. The summed E-state index contributed by atoms with van der Waals surface area (Å²) >= 11 is 0. The van der Waals surface area contributed by atoms with E-state index in [1.807, 2.05) is 0 Å². The van der Waals surface area contributed by atoms with Crippen LogP contribution in [0.15, 0.2) is 0 Å². The van der Waals surface area contributed by atoms with E-state index in [0.717, 1.165) is 19.6 Å². The van der Waals surface area contributed by atoms with Crippen molar-refractivity contribution in [1.82, 2.24) is 4.90 Å². The van der Waals surface area contributed by atoms with Crippen LogP contribution in [0.25, 0.3) is 0 Å². The number of hydrogen-bond acceptors (Lipinski definition) is 10. The van der Waals surface area contributed by atoms with E-state index in [1.165, 1.54) is 0 Å². The lowest BCUT2D eigenvalue weighted by atomic mass is 10.4. The summed E-state index contributed by atoms with van der Waals surface area (Å²) in [5.74, 6) is 0. The molecule has 3 N–H and O–H groups in total. The highest BCUT2D eigenvalue weighted by Gasteiger charge is 2.05. The highest BCUT2D eigenvalue weighted by molar-refractivity contribution is 4.57. The van der Waals surface area contributed by atoms with Crippen LogP contribution in [0.3, 0.4) is 0 Å². The molecule has 0 aromatic rings. The molecule has 0 radical (unpaired) electrons. The molecular formula is C18H39NO9. The first-order valence-electron chi connectivity index (χ1n) is 9.86. The number of nitrogens with zero attached hydrogens (tertiary/aromatic N) is 1. The van der Waals surface area contributed by atoms with Crippen molar-refractivity contribution >= 4 is 0 Å². The van der Waals surface area contributed by atoms with Gasteiger partial charge in [-0.15, -0.1) is 0 Å². The molecule has 0 aliphatic rings. The molecule has 0 heterocycles. The molecule has 0 fully saturated rings. The molecule has 0 saturated carbocycles. The van der Waals surface area contributed by atoms with E-state index in [2.05, 4.69) is 4.90 Å². The number of aliphatic hydroxyl groups is 3. The Bertz CT molecular complexity index is 245. The molecule has 0 bridgehead atoms. The topological polar surface area (TPSA) is 119 Å². The van der Waals surface area contributed by atoms with Gasteiger partial charge in [0.05, 0.1) is 79.3 Å². The maximum absolute atomic E-state index is 8.68. The fourth-order valence-corrected chi connectivity index (χ4v) is 2.03. The van der Waals surface area contributed by atoms with Crippen molar-refractivity contribution in [3.8, 4) is 0 Å². The third-order valence-corrected chi connectivity index (χ3v) is 3.48. The number of ether oxygens (including phenoxy) is 6. The molecule has 0 aromatic carbocycles. The minimum absolute atomic E-state index is 0.0164. The van der Waals surface area contributed by atoms with E-state index < -0.39 is 0 Å². The summed E-state index contributed by atoms with van der Waals surface area (Å²) in [5.41, 5.74) is 0. The van der Waals surface area contributed by atoms with Crippen molar-refractivity contribution in [2.45, 2.75) is 6.42 Å². The Hall–Kier alpha value is -0.400. The van der Waals surface area contributed by atoms with Crippen molar-refractivity contribution < 1.29 is 43.7 Å². The molecule has 0 aliphatic carbocycles. The molecule has 0 aliphatic heterocycles. The van der Waals surface area contributed by atoms with Gasteiger partial charge in [-0.05, 0) is 6.42 Å². The van der Waals surface area contributed by atoms with Crippen LogP contribution in [0.2, 0.25) is 0 Å². The monoisotopic (exact) mass is 413 g/mol. The third-order valence-electron chi connectivity index (χ3n) is 3.48. The van der Waals surface area contributed by atoms with Gasteiger partial charge in [0.2, 0.25) is 0 Å². The molecule has 0 saturated heterocycles. The second-order valence-electron chi connectivity index (χ2n) is 5.75. The largest absolute Gasteiger partial charge is 0.396 e. The van der Waals surface area contributed by atoms with E-state index >= 15 is 0 Å². The van der Waals surface area contributed by atoms with E-state index in [1.54, 1.807) is 0 Å². The van der Waals surface area contributed by atoms with Crippen LogP contribution in [0.5, 0.6) is 0 Å². The Morgan fingerprint density at radius 1 is 0.429 bits per heavy atom. The van der Waals surface area contributed by atoms with E-state index in [-0.39, 0.29) is 26.6 Å². The normalized spacial score (nSPS) is 11.6. The smallest absolute Gasteiger partial charge is 0.146 e. The molecule has 0 spiro atoms. The van der Waals surface area contributed by atoms with Gasteiger partial charge in [0, 0.05) is 26.2 Å². The Kier molecular flexibility index (Phi) is 24.3. The number of rotatable bonds is 24. The van der Waals surface area contributed by atoms with Gasteiger partial charge in [0.15, 0.2) is 0 Å². The van der Waals surface area contributed by atoms with Crippen molar-refractivity contribution in [3.05, 3.63) is 0 Å². The van der Waals surface area contributed by atoms with Crippen LogP contribution in [-0.4, -0.2) is 133 Å². The zero-order valence-corrected chi connectivity index (χ0v) is 17.0. The van der Waals surface area contributed by atoms with Gasteiger partial charge in [-0.2, -0.15) is 0 Å². The number of aliphatic hydroxyl groups excluding tert-OH is 3. The first-order valence-corrected chi connectivity index (χ1v) is 9.86. The average molecular weight is 414 g/mol. The summed E-state index contributed by atoms with van der Waals surface area (Å²) in [6, 6.07) is 0. The van der Waals surface area contributed by atoms with Crippen LogP contribution in [-0.2, 0) is 28.4 Å². The van der Waals surface area contributed by atoms with E-state index in [9.17, 15) is 0 Å². The first-order chi connectivity index (χ1) is 13.8. The van der Waals surface area contributed by atoms with Crippen LogP contribution >= 0.6 is 0 Å². The Balaban J connectivity index is 3.80. The van der Waals surface area contributed by atoms with Crippen LogP contribution in [0.1, 0.15) is 6.42 Å². The highest BCUT2D eigenvalue weighted by atomic mass is 16.7. The van der Waals surface area contributed by atoms with Gasteiger partial charge in [-0.25, -0.2) is 0 Å². The standard InChI is InChI=1S/C18H39NO9/c20-5-1-8-27-18-28-11-4-19(2-9-23-14-16-25-12-6-21)3-10-24-15-17-26-13-7-22/h20-22H,1-18H2. The van der Waals surface area contributed by atoms with Gasteiger partial charge in [0.1, 0.15) is 6.79 Å². The second kappa shape index (κ2) is 24.6. The summed E-state index contributed by atoms with van der Waals surface area (Å²) in [6.07, 6.45) is 0.605. The first kappa shape index (κ1) is 27.6. The Labute approximate surface area is 168 Å². The fourth-order valence-electron chi connectivity index (χ4n) is 2.03. The van der Waals surface area contributed by atoms with Crippen LogP contribution < -0.4 is 0 Å². The van der Waals surface area contributed by atoms with Gasteiger partial charge in [-0.1, -0.05) is 0 Å². The summed E-state index contributed by atoms with van der Waals surface area (Å²) in [4.78, 5) is 2.18. The molecule has 0 aromatic heterocycles. The fraction of sp³-hybridized carbons (Fsp3) is 1.00. The van der Waals surface area contributed by atoms with Crippen LogP contribution in [0, 0.1) is 0 Å². The minimum Gasteiger partial charge on any atom is -0.396 e. The molecule has 28 heavy (non-hydrogen) atoms. The minimum atomic E-state index is 0.0164. The molecule has 0 atom stereocenters. The van der Waals surface area contributed by atoms with Gasteiger partial charge >= 0.3 is 0 Å². The molecule has 0 rings (SSSR count). The Morgan fingerprint density at radius 3 is 1.32 bits per heavy atom. The number of hydrogen-bond donors (Lipinski definition) is 3. The lowest BCUT2D eigenvalue weighted by Crippen LogP contribution is -2.34. The molecule has 170 valence electrons. The predicted molar refractivity (Wildman–Crippen MR) is 102 cm³/mol. The van der Waals surface area contributed by atoms with Crippen molar-refractivity contribution in [3.63, 3.8) is 0 Å². The zero-order valence-electron chi connectivity index (χ0n) is 17.0.